The molecular weight excluding hydrogens is 600 g/mol. The molecule has 0 saturated heterocycles. The van der Waals surface area contributed by atoms with Crippen molar-refractivity contribution in [1.29, 1.82) is 0 Å². The first-order chi connectivity index (χ1) is 19.0. The SMILES string of the molecule is Cn1c(-c2ccc(Oc3ccc(OC(C)(F)F)cc3)c(PC(F)(F)P)c2)nc2c1c(=O)[nH]c(=O)n2CC(O)C(F)F. The summed E-state index contributed by atoms with van der Waals surface area (Å²) in [6, 6.07) is 9.18. The smallest absolute Gasteiger partial charge is 0.394 e. The lowest BCUT2D eigenvalue weighted by Crippen LogP contribution is -2.36. The molecule has 4 rings (SSSR count). The molecule has 3 unspecified atom stereocenters. The molecule has 0 fully saturated rings. The topological polar surface area (TPSA) is 111 Å². The fourth-order valence-electron chi connectivity index (χ4n) is 3.89. The van der Waals surface area contributed by atoms with Crippen molar-refractivity contribution < 1.29 is 40.9 Å². The molecule has 9 nitrogen and oxygen atoms in total. The van der Waals surface area contributed by atoms with E-state index in [4.69, 9.17) is 4.74 Å². The number of aromatic nitrogens is 4. The molecule has 3 atom stereocenters. The van der Waals surface area contributed by atoms with Gasteiger partial charge in [0.1, 0.15) is 29.2 Å². The molecule has 0 aliphatic heterocycles. The van der Waals surface area contributed by atoms with Crippen LogP contribution in [-0.2, 0) is 13.6 Å². The Hall–Kier alpha value is -3.41. The van der Waals surface area contributed by atoms with Crippen LogP contribution in [0.25, 0.3) is 22.6 Å². The number of H-pyrrole nitrogens is 1. The van der Waals surface area contributed by atoms with Crippen molar-refractivity contribution in [2.24, 2.45) is 7.05 Å². The van der Waals surface area contributed by atoms with Gasteiger partial charge in [0, 0.05) is 24.8 Å². The van der Waals surface area contributed by atoms with E-state index in [1.54, 1.807) is 0 Å². The van der Waals surface area contributed by atoms with Gasteiger partial charge in [0.25, 0.3) is 17.4 Å². The van der Waals surface area contributed by atoms with Gasteiger partial charge in [-0.15, -0.1) is 0 Å². The van der Waals surface area contributed by atoms with Gasteiger partial charge in [-0.1, -0.05) is 9.24 Å². The third kappa shape index (κ3) is 7.27. The summed E-state index contributed by atoms with van der Waals surface area (Å²) in [6.45, 7) is -0.291. The largest absolute Gasteiger partial charge is 0.457 e. The lowest BCUT2D eigenvalue weighted by Gasteiger charge is -2.17. The highest BCUT2D eigenvalue weighted by molar-refractivity contribution is 7.57. The summed E-state index contributed by atoms with van der Waals surface area (Å²) < 4.78 is 92.4. The number of imidazole rings is 1. The van der Waals surface area contributed by atoms with Crippen molar-refractivity contribution in [3.8, 4) is 28.6 Å². The minimum absolute atomic E-state index is 0.0114. The maximum Gasteiger partial charge on any atom is 0.394 e. The predicted molar refractivity (Wildman–Crippen MR) is 143 cm³/mol. The molecule has 17 heteroatoms. The summed E-state index contributed by atoms with van der Waals surface area (Å²) in [6.07, 6.45) is -8.80. The number of rotatable bonds is 10. The van der Waals surface area contributed by atoms with E-state index >= 15 is 0 Å². The highest BCUT2D eigenvalue weighted by Crippen LogP contribution is 2.43. The van der Waals surface area contributed by atoms with E-state index in [0.29, 0.717) is 11.5 Å². The van der Waals surface area contributed by atoms with E-state index < -0.39 is 50.4 Å². The number of ether oxygens (including phenoxy) is 2. The Bertz CT molecular complexity index is 1680. The zero-order chi connectivity index (χ0) is 30.3. The number of nitrogens with one attached hydrogen (secondary N) is 1. The number of aliphatic hydroxyl groups excluding tert-OH is 1. The van der Waals surface area contributed by atoms with Crippen LogP contribution in [0.5, 0.6) is 17.2 Å². The van der Waals surface area contributed by atoms with Gasteiger partial charge in [0.15, 0.2) is 11.2 Å². The van der Waals surface area contributed by atoms with E-state index in [9.17, 15) is 41.0 Å². The molecule has 220 valence electrons. The summed E-state index contributed by atoms with van der Waals surface area (Å²) in [4.78, 5) is 31.1. The van der Waals surface area contributed by atoms with Gasteiger partial charge in [-0.25, -0.2) is 18.6 Å². The van der Waals surface area contributed by atoms with Crippen molar-refractivity contribution in [2.75, 3.05) is 0 Å². The molecule has 2 N–H and O–H groups in total. The average molecular weight is 622 g/mol. The fraction of sp³-hybridized carbons (Fsp3) is 0.292. The Labute approximate surface area is 231 Å². The van der Waals surface area contributed by atoms with Crippen LogP contribution in [-0.4, -0.2) is 48.3 Å². The number of alkyl halides is 6. The van der Waals surface area contributed by atoms with E-state index in [2.05, 4.69) is 9.72 Å². The quantitative estimate of drug-likeness (QED) is 0.203. The van der Waals surface area contributed by atoms with E-state index in [1.165, 1.54) is 63.3 Å². The molecule has 41 heavy (non-hydrogen) atoms. The van der Waals surface area contributed by atoms with Gasteiger partial charge in [-0.05, 0) is 51.0 Å². The van der Waals surface area contributed by atoms with Crippen LogP contribution in [0.15, 0.2) is 52.1 Å². The van der Waals surface area contributed by atoms with Crippen molar-refractivity contribution in [3.05, 3.63) is 63.3 Å². The highest BCUT2D eigenvalue weighted by Gasteiger charge is 2.27. The van der Waals surface area contributed by atoms with Crippen molar-refractivity contribution >= 4 is 34.3 Å². The third-order valence-corrected chi connectivity index (χ3v) is 6.99. The Balaban J connectivity index is 1.77. The molecule has 0 amide bonds. The maximum absolute atomic E-state index is 14.1. The van der Waals surface area contributed by atoms with Crippen molar-refractivity contribution in [3.63, 3.8) is 0 Å². The van der Waals surface area contributed by atoms with Crippen LogP contribution in [0.2, 0.25) is 0 Å². The van der Waals surface area contributed by atoms with E-state index in [-0.39, 0.29) is 45.1 Å². The van der Waals surface area contributed by atoms with E-state index in [0.717, 1.165) is 0 Å². The van der Waals surface area contributed by atoms with Gasteiger partial charge in [-0.2, -0.15) is 17.6 Å². The number of aromatic amines is 1. The van der Waals surface area contributed by atoms with Crippen LogP contribution in [0.4, 0.5) is 26.3 Å². The zero-order valence-electron chi connectivity index (χ0n) is 21.2. The third-order valence-electron chi connectivity index (χ3n) is 5.56. The van der Waals surface area contributed by atoms with Crippen LogP contribution in [0, 0.1) is 0 Å². The van der Waals surface area contributed by atoms with Crippen molar-refractivity contribution in [2.45, 2.75) is 37.5 Å². The number of hydrogen-bond acceptors (Lipinski definition) is 6. The number of hydrogen-bond donors (Lipinski definition) is 2. The van der Waals surface area contributed by atoms with Crippen LogP contribution < -0.4 is 26.0 Å². The predicted octanol–water partition coefficient (Wildman–Crippen LogP) is 4.23. The standard InChI is InChI=1S/C24H22F6N4O5P2/c1-23(27,28)39-13-6-4-12(5-7-13)38-15-8-3-11(9-16(15)41-24(29,30)40)19-31-20-17(33(19)2)21(36)32-22(37)34(20)10-14(35)18(25)26/h3-9,14,18,35,41H,10,40H2,1-2H3,(H,32,36,37). The molecule has 0 aliphatic rings. The fourth-order valence-corrected chi connectivity index (χ4v) is 5.20. The summed E-state index contributed by atoms with van der Waals surface area (Å²) in [5.41, 5.74) is -2.20. The van der Waals surface area contributed by atoms with Gasteiger partial charge in [0.2, 0.25) is 0 Å². The van der Waals surface area contributed by atoms with Gasteiger partial charge in [-0.3, -0.25) is 14.3 Å². The first-order valence-corrected chi connectivity index (χ1v) is 13.2. The number of benzene rings is 2. The normalized spacial score (nSPS) is 13.4. The minimum atomic E-state index is -3.41. The average Bonchev–Trinajstić information content (AvgIpc) is 3.19. The lowest BCUT2D eigenvalue weighted by atomic mass is 10.2. The number of aliphatic hydroxyl groups is 1. The van der Waals surface area contributed by atoms with Crippen molar-refractivity contribution in [1.82, 2.24) is 19.1 Å². The van der Waals surface area contributed by atoms with Crippen LogP contribution in [0.3, 0.4) is 0 Å². The first kappa shape index (κ1) is 30.5. The van der Waals surface area contributed by atoms with E-state index in [1.807, 2.05) is 4.98 Å². The summed E-state index contributed by atoms with van der Waals surface area (Å²) >= 11 is 0. The zero-order valence-corrected chi connectivity index (χ0v) is 23.3. The molecule has 4 aromatic rings. The maximum atomic E-state index is 14.1. The monoisotopic (exact) mass is 622 g/mol. The Morgan fingerprint density at radius 1 is 1.10 bits per heavy atom. The molecule has 2 aromatic heterocycles. The molecule has 0 spiro atoms. The van der Waals surface area contributed by atoms with Crippen LogP contribution in [0.1, 0.15) is 6.92 Å². The lowest BCUT2D eigenvalue weighted by molar-refractivity contribution is -0.158. The number of aryl methyl sites for hydroxylation is 1. The van der Waals surface area contributed by atoms with Crippen LogP contribution >= 0.6 is 17.8 Å². The number of fused-ring (bicyclic) bond motifs is 1. The second kappa shape index (κ2) is 11.5. The summed E-state index contributed by atoms with van der Waals surface area (Å²) in [7, 11) is 1.69. The molecule has 0 radical (unpaired) electrons. The first-order valence-electron chi connectivity index (χ1n) is 11.6. The second-order valence-electron chi connectivity index (χ2n) is 8.88. The van der Waals surface area contributed by atoms with Gasteiger partial charge < -0.3 is 19.1 Å². The Morgan fingerprint density at radius 3 is 2.32 bits per heavy atom. The Morgan fingerprint density at radius 2 is 1.73 bits per heavy atom. The summed E-state index contributed by atoms with van der Waals surface area (Å²) in [5, 5.41) is 6.41. The molecule has 0 aliphatic carbocycles. The Kier molecular flexibility index (Phi) is 8.54. The second-order valence-corrected chi connectivity index (χ2v) is 11.6. The van der Waals surface area contributed by atoms with Gasteiger partial charge >= 0.3 is 11.8 Å². The molecule has 2 heterocycles. The molecule has 0 saturated carbocycles. The minimum Gasteiger partial charge on any atom is -0.457 e. The molecule has 2 aromatic carbocycles. The van der Waals surface area contributed by atoms with Gasteiger partial charge in [0.05, 0.1) is 6.54 Å². The molecule has 0 bridgehead atoms. The number of nitrogens with zero attached hydrogens (tertiary/aromatic N) is 3. The number of halogens is 6. The highest BCUT2D eigenvalue weighted by atomic mass is 31.1. The molecular formula is C24H22F6N4O5P2. The summed E-state index contributed by atoms with van der Waals surface area (Å²) in [5.74, 6) is 0.0361.